The third-order valence-corrected chi connectivity index (χ3v) is 2.65. The maximum atomic E-state index is 10.6. The van der Waals surface area contributed by atoms with Crippen LogP contribution in [-0.4, -0.2) is 12.5 Å². The average Bonchev–Trinajstić information content (AvgIpc) is 2.31. The second-order valence-electron chi connectivity index (χ2n) is 3.61. The fourth-order valence-corrected chi connectivity index (χ4v) is 1.80. The molecule has 1 N–H and O–H groups in total. The maximum absolute atomic E-state index is 10.6. The van der Waals surface area contributed by atoms with E-state index in [0.29, 0.717) is 0 Å². The summed E-state index contributed by atoms with van der Waals surface area (Å²) in [6.07, 6.45) is 3.97. The van der Waals surface area contributed by atoms with Crippen LogP contribution in [-0.2, 0) is 4.79 Å². The van der Waals surface area contributed by atoms with Gasteiger partial charge < -0.3 is 5.32 Å². The molecular weight excluding hydrogens is 138 g/mol. The van der Waals surface area contributed by atoms with Gasteiger partial charge in [0.25, 0.3) is 0 Å². The molecule has 2 atom stereocenters. The van der Waals surface area contributed by atoms with Crippen LogP contribution in [0.5, 0.6) is 0 Å². The van der Waals surface area contributed by atoms with Gasteiger partial charge in [-0.2, -0.15) is 0 Å². The molecule has 1 aliphatic carbocycles. The van der Waals surface area contributed by atoms with Gasteiger partial charge in [-0.1, -0.05) is 19.8 Å². The summed E-state index contributed by atoms with van der Waals surface area (Å²) >= 11 is 0. The summed E-state index contributed by atoms with van der Waals surface area (Å²) in [5.74, 6) is 1.64. The molecule has 2 heteroatoms. The average molecular weight is 155 g/mol. The number of carbonyl (C=O) groups excluding carboxylic acids is 1. The van der Waals surface area contributed by atoms with Crippen molar-refractivity contribution in [3.8, 4) is 0 Å². The molecule has 0 heterocycles. The molecular formula is C9H17NO. The molecule has 0 spiro atoms. The van der Waals surface area contributed by atoms with Gasteiger partial charge in [0.1, 0.15) is 0 Å². The van der Waals surface area contributed by atoms with E-state index in [2.05, 4.69) is 12.2 Å². The number of carbonyl (C=O) groups is 1. The molecule has 0 aromatic rings. The largest absolute Gasteiger partial charge is 0.356 e. The lowest BCUT2D eigenvalue weighted by atomic mass is 9.98. The lowest BCUT2D eigenvalue weighted by Gasteiger charge is -2.14. The van der Waals surface area contributed by atoms with Gasteiger partial charge in [0, 0.05) is 13.5 Å². The highest BCUT2D eigenvalue weighted by atomic mass is 16.1. The highest BCUT2D eigenvalue weighted by molar-refractivity contribution is 5.72. The van der Waals surface area contributed by atoms with Crippen molar-refractivity contribution in [2.45, 2.75) is 33.1 Å². The zero-order valence-corrected chi connectivity index (χ0v) is 7.39. The van der Waals surface area contributed by atoms with E-state index in [0.717, 1.165) is 18.4 Å². The molecule has 1 aliphatic rings. The summed E-state index contributed by atoms with van der Waals surface area (Å²) in [6.45, 7) is 4.75. The summed E-state index contributed by atoms with van der Waals surface area (Å²) in [6, 6.07) is 0. The van der Waals surface area contributed by atoms with Gasteiger partial charge in [0.2, 0.25) is 5.91 Å². The number of hydrogen-bond donors (Lipinski definition) is 1. The third kappa shape index (κ3) is 2.52. The first-order chi connectivity index (χ1) is 5.20. The van der Waals surface area contributed by atoms with Crippen LogP contribution in [0.1, 0.15) is 33.1 Å². The molecule has 64 valence electrons. The zero-order valence-electron chi connectivity index (χ0n) is 7.39. The van der Waals surface area contributed by atoms with Crippen LogP contribution in [0, 0.1) is 11.8 Å². The first-order valence-corrected chi connectivity index (χ1v) is 4.44. The summed E-state index contributed by atoms with van der Waals surface area (Å²) in [5, 5.41) is 2.88. The minimum atomic E-state index is 0.101. The summed E-state index contributed by atoms with van der Waals surface area (Å²) in [7, 11) is 0. The van der Waals surface area contributed by atoms with E-state index < -0.39 is 0 Å². The van der Waals surface area contributed by atoms with Crippen molar-refractivity contribution in [3.63, 3.8) is 0 Å². The standard InChI is InChI=1S/C9H17NO/c1-7-4-3-5-9(7)6-10-8(2)11/h7,9H,3-6H2,1-2H3,(H,10,11)/t7-,9-/m0/s1. The molecule has 0 aromatic heterocycles. The van der Waals surface area contributed by atoms with Gasteiger partial charge in [0.05, 0.1) is 0 Å². The molecule has 0 aliphatic heterocycles. The van der Waals surface area contributed by atoms with E-state index >= 15 is 0 Å². The molecule has 1 amide bonds. The Hall–Kier alpha value is -0.530. The Morgan fingerprint density at radius 3 is 2.73 bits per heavy atom. The molecule has 11 heavy (non-hydrogen) atoms. The Labute approximate surface area is 68.4 Å². The Morgan fingerprint density at radius 2 is 2.27 bits per heavy atom. The van der Waals surface area contributed by atoms with Gasteiger partial charge in [-0.05, 0) is 18.3 Å². The minimum Gasteiger partial charge on any atom is -0.356 e. The molecule has 0 bridgehead atoms. The van der Waals surface area contributed by atoms with Crippen molar-refractivity contribution in [2.75, 3.05) is 6.54 Å². The summed E-state index contributed by atoms with van der Waals surface area (Å²) in [5.41, 5.74) is 0. The first kappa shape index (κ1) is 8.57. The predicted octanol–water partition coefficient (Wildman–Crippen LogP) is 1.56. The van der Waals surface area contributed by atoms with Crippen LogP contribution >= 0.6 is 0 Å². The fraction of sp³-hybridized carbons (Fsp3) is 0.889. The molecule has 0 aromatic carbocycles. The first-order valence-electron chi connectivity index (χ1n) is 4.44. The van der Waals surface area contributed by atoms with Crippen molar-refractivity contribution in [3.05, 3.63) is 0 Å². The Balaban J connectivity index is 2.20. The maximum Gasteiger partial charge on any atom is 0.216 e. The van der Waals surface area contributed by atoms with Crippen LogP contribution in [0.4, 0.5) is 0 Å². The van der Waals surface area contributed by atoms with Gasteiger partial charge >= 0.3 is 0 Å². The topological polar surface area (TPSA) is 29.1 Å². The van der Waals surface area contributed by atoms with E-state index in [1.807, 2.05) is 0 Å². The van der Waals surface area contributed by atoms with Crippen molar-refractivity contribution in [1.82, 2.24) is 5.32 Å². The van der Waals surface area contributed by atoms with Crippen LogP contribution < -0.4 is 5.32 Å². The molecule has 1 rings (SSSR count). The molecule has 2 nitrogen and oxygen atoms in total. The van der Waals surface area contributed by atoms with Crippen LogP contribution in [0.25, 0.3) is 0 Å². The second-order valence-corrected chi connectivity index (χ2v) is 3.61. The van der Waals surface area contributed by atoms with Gasteiger partial charge in [-0.25, -0.2) is 0 Å². The molecule has 1 fully saturated rings. The smallest absolute Gasteiger partial charge is 0.216 e. The predicted molar refractivity (Wildman–Crippen MR) is 45.2 cm³/mol. The van der Waals surface area contributed by atoms with Gasteiger partial charge in [0.15, 0.2) is 0 Å². The van der Waals surface area contributed by atoms with E-state index in [9.17, 15) is 4.79 Å². The lowest BCUT2D eigenvalue weighted by Crippen LogP contribution is -2.27. The lowest BCUT2D eigenvalue weighted by molar-refractivity contribution is -0.119. The number of rotatable bonds is 2. The Kier molecular flexibility index (Phi) is 2.92. The van der Waals surface area contributed by atoms with Crippen LogP contribution in [0.15, 0.2) is 0 Å². The molecule has 0 unspecified atom stereocenters. The quantitative estimate of drug-likeness (QED) is 0.644. The monoisotopic (exact) mass is 155 g/mol. The third-order valence-electron chi connectivity index (χ3n) is 2.65. The number of hydrogen-bond acceptors (Lipinski definition) is 1. The van der Waals surface area contributed by atoms with E-state index in [4.69, 9.17) is 0 Å². The zero-order chi connectivity index (χ0) is 8.27. The van der Waals surface area contributed by atoms with Crippen molar-refractivity contribution in [2.24, 2.45) is 11.8 Å². The highest BCUT2D eigenvalue weighted by Gasteiger charge is 2.22. The normalized spacial score (nSPS) is 30.4. The van der Waals surface area contributed by atoms with E-state index in [1.165, 1.54) is 19.3 Å². The molecule has 1 saturated carbocycles. The summed E-state index contributed by atoms with van der Waals surface area (Å²) in [4.78, 5) is 10.6. The summed E-state index contributed by atoms with van der Waals surface area (Å²) < 4.78 is 0. The van der Waals surface area contributed by atoms with Crippen LogP contribution in [0.3, 0.4) is 0 Å². The van der Waals surface area contributed by atoms with Gasteiger partial charge in [-0.15, -0.1) is 0 Å². The number of nitrogens with one attached hydrogen (secondary N) is 1. The SMILES string of the molecule is CC(=O)NC[C@@H]1CCC[C@@H]1C. The minimum absolute atomic E-state index is 0.101. The van der Waals surface area contributed by atoms with Gasteiger partial charge in [-0.3, -0.25) is 4.79 Å². The highest BCUT2D eigenvalue weighted by Crippen LogP contribution is 2.30. The fourth-order valence-electron chi connectivity index (χ4n) is 1.80. The van der Waals surface area contributed by atoms with Crippen molar-refractivity contribution >= 4 is 5.91 Å². The second kappa shape index (κ2) is 3.74. The van der Waals surface area contributed by atoms with Crippen molar-refractivity contribution in [1.29, 1.82) is 0 Å². The van der Waals surface area contributed by atoms with Crippen LogP contribution in [0.2, 0.25) is 0 Å². The molecule has 0 radical (unpaired) electrons. The van der Waals surface area contributed by atoms with Crippen molar-refractivity contribution < 1.29 is 4.79 Å². The molecule has 0 saturated heterocycles. The Bertz CT molecular complexity index is 144. The van der Waals surface area contributed by atoms with E-state index in [-0.39, 0.29) is 5.91 Å². The number of amides is 1. The van der Waals surface area contributed by atoms with E-state index in [1.54, 1.807) is 6.92 Å². The Morgan fingerprint density at radius 1 is 1.55 bits per heavy atom.